The molecule has 3 aromatic rings. The van der Waals surface area contributed by atoms with Crippen LogP contribution in [0.3, 0.4) is 0 Å². The molecule has 0 saturated carbocycles. The molecule has 0 radical (unpaired) electrons. The number of Topliss-reactive ketones (excluding diaryl/α,β-unsaturated/α-hetero) is 1. The molecule has 7 heteroatoms. The van der Waals surface area contributed by atoms with E-state index in [1.54, 1.807) is 36.4 Å². The van der Waals surface area contributed by atoms with Gasteiger partial charge in [-0.05, 0) is 46.7 Å². The van der Waals surface area contributed by atoms with Crippen molar-refractivity contribution in [3.63, 3.8) is 0 Å². The van der Waals surface area contributed by atoms with Crippen LogP contribution >= 0.6 is 11.8 Å². The normalized spacial score (nSPS) is 14.6. The average molecular weight is 458 g/mol. The van der Waals surface area contributed by atoms with E-state index in [0.717, 1.165) is 22.9 Å². The number of hydrogen-bond donors (Lipinski definition) is 0. The van der Waals surface area contributed by atoms with Gasteiger partial charge in [0.25, 0.3) is 11.1 Å². The minimum atomic E-state index is -0.623. The van der Waals surface area contributed by atoms with Gasteiger partial charge >= 0.3 is 0 Å². The lowest BCUT2D eigenvalue weighted by molar-refractivity contribution is -0.135. The van der Waals surface area contributed by atoms with E-state index in [9.17, 15) is 19.2 Å². The Hall–Kier alpha value is -3.97. The molecule has 1 aliphatic heterocycles. The largest absolute Gasteiger partial charge is 0.485 e. The Balaban J connectivity index is 1.36. The average Bonchev–Trinajstić information content (AvgIpc) is 3.11. The standard InChI is InChI=1S/C26H19NO5S/c1-17(28)27-25(30)24(33-26(27)31)15-18-7-13-22(14-8-18)32-16-23(29)21-11-9-20(10-12-21)19-5-3-2-4-6-19/h2-15H,16H2,1H3. The summed E-state index contributed by atoms with van der Waals surface area (Å²) in [5.41, 5.74) is 3.34. The van der Waals surface area contributed by atoms with Gasteiger partial charge in [-0.1, -0.05) is 66.7 Å². The number of nitrogens with zero attached hydrogens (tertiary/aromatic N) is 1. The van der Waals surface area contributed by atoms with E-state index >= 15 is 0 Å². The Bertz CT molecular complexity index is 1250. The molecule has 33 heavy (non-hydrogen) atoms. The number of hydrogen-bond acceptors (Lipinski definition) is 6. The molecular formula is C26H19NO5S. The summed E-state index contributed by atoms with van der Waals surface area (Å²) < 4.78 is 5.60. The molecular weight excluding hydrogens is 438 g/mol. The van der Waals surface area contributed by atoms with E-state index in [1.807, 2.05) is 42.5 Å². The van der Waals surface area contributed by atoms with Gasteiger partial charge in [-0.3, -0.25) is 19.2 Å². The van der Waals surface area contributed by atoms with Crippen LogP contribution < -0.4 is 4.74 Å². The molecule has 1 fully saturated rings. The van der Waals surface area contributed by atoms with Crippen LogP contribution in [-0.2, 0) is 9.59 Å². The molecule has 1 aliphatic rings. The molecule has 3 aromatic carbocycles. The summed E-state index contributed by atoms with van der Waals surface area (Å²) in [5.74, 6) is -0.874. The molecule has 164 valence electrons. The lowest BCUT2D eigenvalue weighted by atomic mass is 10.0. The SMILES string of the molecule is CC(=O)N1C(=O)SC(=Cc2ccc(OCC(=O)c3ccc(-c4ccccc4)cc3)cc2)C1=O. The topological polar surface area (TPSA) is 80.8 Å². The zero-order chi connectivity index (χ0) is 23.4. The Morgan fingerprint density at radius 3 is 2.12 bits per heavy atom. The molecule has 6 nitrogen and oxygen atoms in total. The van der Waals surface area contributed by atoms with E-state index in [-0.39, 0.29) is 17.3 Å². The van der Waals surface area contributed by atoms with E-state index < -0.39 is 17.1 Å². The molecule has 0 aliphatic carbocycles. The van der Waals surface area contributed by atoms with Crippen LogP contribution in [0.1, 0.15) is 22.8 Å². The second kappa shape index (κ2) is 9.67. The fourth-order valence-corrected chi connectivity index (χ4v) is 4.13. The van der Waals surface area contributed by atoms with Crippen molar-refractivity contribution in [2.24, 2.45) is 0 Å². The molecule has 0 spiro atoms. The van der Waals surface area contributed by atoms with Gasteiger partial charge in [-0.2, -0.15) is 0 Å². The number of ketones is 1. The highest BCUT2D eigenvalue weighted by atomic mass is 32.2. The maximum atomic E-state index is 12.5. The summed E-state index contributed by atoms with van der Waals surface area (Å²) in [5, 5.41) is -0.603. The highest BCUT2D eigenvalue weighted by Crippen LogP contribution is 2.32. The monoisotopic (exact) mass is 457 g/mol. The maximum Gasteiger partial charge on any atom is 0.300 e. The van der Waals surface area contributed by atoms with Crippen LogP contribution in [-0.4, -0.2) is 34.3 Å². The third-order valence-electron chi connectivity index (χ3n) is 4.97. The lowest BCUT2D eigenvalue weighted by Gasteiger charge is -2.07. The lowest BCUT2D eigenvalue weighted by Crippen LogP contribution is -2.32. The first-order chi connectivity index (χ1) is 15.9. The van der Waals surface area contributed by atoms with E-state index in [0.29, 0.717) is 21.8 Å². The second-order valence-electron chi connectivity index (χ2n) is 7.26. The predicted octanol–water partition coefficient (Wildman–Crippen LogP) is 5.20. The highest BCUT2D eigenvalue weighted by molar-refractivity contribution is 8.18. The Morgan fingerprint density at radius 1 is 0.879 bits per heavy atom. The quantitative estimate of drug-likeness (QED) is 0.374. The van der Waals surface area contributed by atoms with Crippen LogP contribution in [0.2, 0.25) is 0 Å². The second-order valence-corrected chi connectivity index (χ2v) is 8.25. The van der Waals surface area contributed by atoms with Crippen LogP contribution in [0.5, 0.6) is 5.75 Å². The first-order valence-electron chi connectivity index (χ1n) is 10.1. The van der Waals surface area contributed by atoms with Gasteiger partial charge in [0.05, 0.1) is 4.91 Å². The molecule has 4 rings (SSSR count). The summed E-state index contributed by atoms with van der Waals surface area (Å²) >= 11 is 0.722. The predicted molar refractivity (Wildman–Crippen MR) is 127 cm³/mol. The van der Waals surface area contributed by atoms with Gasteiger partial charge in [-0.15, -0.1) is 0 Å². The summed E-state index contributed by atoms with van der Waals surface area (Å²) in [4.78, 5) is 48.7. The summed E-state index contributed by atoms with van der Waals surface area (Å²) in [6, 6.07) is 24.1. The molecule has 0 aromatic heterocycles. The van der Waals surface area contributed by atoms with Crippen molar-refractivity contribution in [1.29, 1.82) is 0 Å². The molecule has 3 amide bonds. The van der Waals surface area contributed by atoms with Crippen LogP contribution in [0.25, 0.3) is 17.2 Å². The zero-order valence-corrected chi connectivity index (χ0v) is 18.5. The molecule has 0 bridgehead atoms. The number of ether oxygens (including phenoxy) is 1. The number of carbonyl (C=O) groups is 4. The summed E-state index contributed by atoms with van der Waals surface area (Å²) in [6.45, 7) is 1.06. The number of thioether (sulfide) groups is 1. The fraction of sp³-hybridized carbons (Fsp3) is 0.0769. The fourth-order valence-electron chi connectivity index (χ4n) is 3.26. The van der Waals surface area contributed by atoms with Crippen molar-refractivity contribution in [3.05, 3.63) is 94.9 Å². The minimum Gasteiger partial charge on any atom is -0.485 e. The third-order valence-corrected chi connectivity index (χ3v) is 5.84. The third kappa shape index (κ3) is 5.10. The van der Waals surface area contributed by atoms with Gasteiger partial charge in [-0.25, -0.2) is 4.90 Å². The van der Waals surface area contributed by atoms with E-state index in [2.05, 4.69) is 0 Å². The van der Waals surface area contributed by atoms with Crippen molar-refractivity contribution in [2.75, 3.05) is 6.61 Å². The van der Waals surface area contributed by atoms with Crippen LogP contribution in [0, 0.1) is 0 Å². The molecule has 0 unspecified atom stereocenters. The van der Waals surface area contributed by atoms with E-state index in [1.165, 1.54) is 13.0 Å². The van der Waals surface area contributed by atoms with Gasteiger partial charge in [0.2, 0.25) is 5.91 Å². The summed E-state index contributed by atoms with van der Waals surface area (Å²) in [6.07, 6.45) is 1.54. The first kappa shape index (κ1) is 22.2. The maximum absolute atomic E-state index is 12.5. The Morgan fingerprint density at radius 2 is 1.52 bits per heavy atom. The Kier molecular flexibility index (Phi) is 6.51. The molecule has 1 saturated heterocycles. The smallest absolute Gasteiger partial charge is 0.300 e. The summed E-state index contributed by atoms with van der Waals surface area (Å²) in [7, 11) is 0. The number of carbonyl (C=O) groups excluding carboxylic acids is 4. The van der Waals surface area contributed by atoms with Crippen LogP contribution in [0.15, 0.2) is 83.8 Å². The van der Waals surface area contributed by atoms with Crippen molar-refractivity contribution in [2.45, 2.75) is 6.92 Å². The van der Waals surface area contributed by atoms with Gasteiger partial charge in [0, 0.05) is 12.5 Å². The first-order valence-corrected chi connectivity index (χ1v) is 10.9. The molecule has 1 heterocycles. The highest BCUT2D eigenvalue weighted by Gasteiger charge is 2.37. The van der Waals surface area contributed by atoms with Gasteiger partial charge < -0.3 is 4.74 Å². The number of amides is 3. The van der Waals surface area contributed by atoms with Crippen molar-refractivity contribution in [1.82, 2.24) is 4.90 Å². The van der Waals surface area contributed by atoms with E-state index in [4.69, 9.17) is 4.74 Å². The number of imide groups is 3. The number of rotatable bonds is 6. The van der Waals surface area contributed by atoms with Crippen molar-refractivity contribution < 1.29 is 23.9 Å². The molecule has 0 N–H and O–H groups in total. The van der Waals surface area contributed by atoms with Crippen molar-refractivity contribution in [3.8, 4) is 16.9 Å². The molecule has 0 atom stereocenters. The number of benzene rings is 3. The van der Waals surface area contributed by atoms with Gasteiger partial charge in [0.15, 0.2) is 12.4 Å². The van der Waals surface area contributed by atoms with Crippen molar-refractivity contribution >= 4 is 40.7 Å². The van der Waals surface area contributed by atoms with Gasteiger partial charge in [0.1, 0.15) is 5.75 Å². The van der Waals surface area contributed by atoms with Crippen LogP contribution in [0.4, 0.5) is 4.79 Å². The Labute approximate surface area is 194 Å². The zero-order valence-electron chi connectivity index (χ0n) is 17.7. The minimum absolute atomic E-state index is 0.110.